The first-order valence-electron chi connectivity index (χ1n) is 21.3. The normalized spacial score (nSPS) is 11.8. The Morgan fingerprint density at radius 3 is 1.13 bits per heavy atom. The third-order valence-electron chi connectivity index (χ3n) is 12.5. The molecule has 6 nitrogen and oxygen atoms in total. The third kappa shape index (κ3) is 5.48. The summed E-state index contributed by atoms with van der Waals surface area (Å²) >= 11 is 0. The van der Waals surface area contributed by atoms with E-state index in [1.54, 1.807) is 0 Å². The second-order valence-corrected chi connectivity index (χ2v) is 16.0. The van der Waals surface area contributed by atoms with E-state index < -0.39 is 0 Å². The van der Waals surface area contributed by atoms with Crippen molar-refractivity contribution in [2.75, 3.05) is 0 Å². The summed E-state index contributed by atoms with van der Waals surface area (Å²) in [4.78, 5) is 14.9. The lowest BCUT2D eigenvalue weighted by atomic mass is 10.1. The molecule has 0 saturated heterocycles. The molecule has 0 aliphatic rings. The minimum absolute atomic E-state index is 0.633. The highest BCUT2D eigenvalue weighted by Crippen LogP contribution is 2.43. The molecular formula is C57H36N6. The van der Waals surface area contributed by atoms with Crippen LogP contribution in [0.15, 0.2) is 218 Å². The Morgan fingerprint density at radius 2 is 0.587 bits per heavy atom. The zero-order chi connectivity index (χ0) is 41.4. The molecule has 0 bridgehead atoms. The van der Waals surface area contributed by atoms with Crippen LogP contribution in [0.2, 0.25) is 0 Å². The number of benzene rings is 9. The molecule has 6 heteroatoms. The first-order valence-corrected chi connectivity index (χ1v) is 21.3. The second-order valence-electron chi connectivity index (χ2n) is 16.0. The van der Waals surface area contributed by atoms with Crippen molar-refractivity contribution in [3.05, 3.63) is 218 Å². The van der Waals surface area contributed by atoms with Gasteiger partial charge >= 0.3 is 0 Å². The van der Waals surface area contributed by atoms with Crippen LogP contribution < -0.4 is 0 Å². The van der Waals surface area contributed by atoms with E-state index in [1.807, 2.05) is 60.7 Å². The van der Waals surface area contributed by atoms with Crippen molar-refractivity contribution in [1.82, 2.24) is 28.7 Å². The molecule has 294 valence electrons. The van der Waals surface area contributed by atoms with Gasteiger partial charge < -0.3 is 13.7 Å². The molecule has 0 unspecified atom stereocenters. The fourth-order valence-electron chi connectivity index (χ4n) is 9.73. The molecular weight excluding hydrogens is 769 g/mol. The fraction of sp³-hybridized carbons (Fsp3) is 0. The summed E-state index contributed by atoms with van der Waals surface area (Å²) < 4.78 is 7.21. The average molecular weight is 805 g/mol. The Morgan fingerprint density at radius 1 is 0.238 bits per heavy atom. The lowest BCUT2D eigenvalue weighted by Gasteiger charge is -2.11. The number of para-hydroxylation sites is 4. The van der Waals surface area contributed by atoms with Gasteiger partial charge in [-0.05, 0) is 84.9 Å². The molecule has 0 fully saturated rings. The van der Waals surface area contributed by atoms with Gasteiger partial charge in [-0.2, -0.15) is 0 Å². The number of nitrogens with zero attached hydrogens (tertiary/aromatic N) is 6. The maximum Gasteiger partial charge on any atom is 0.164 e. The van der Waals surface area contributed by atoms with Crippen LogP contribution in [-0.2, 0) is 0 Å². The van der Waals surface area contributed by atoms with E-state index in [0.717, 1.165) is 44.8 Å². The largest absolute Gasteiger partial charge is 0.309 e. The van der Waals surface area contributed by atoms with Gasteiger partial charge in [0.05, 0.1) is 33.1 Å². The summed E-state index contributed by atoms with van der Waals surface area (Å²) in [5.41, 5.74) is 13.2. The second kappa shape index (κ2) is 14.0. The molecule has 13 aromatic rings. The summed E-state index contributed by atoms with van der Waals surface area (Å²) in [6.45, 7) is 0. The summed E-state index contributed by atoms with van der Waals surface area (Å²) in [5, 5.41) is 7.38. The zero-order valence-electron chi connectivity index (χ0n) is 34.0. The molecule has 0 N–H and O–H groups in total. The van der Waals surface area contributed by atoms with Gasteiger partial charge in [-0.15, -0.1) is 0 Å². The van der Waals surface area contributed by atoms with Gasteiger partial charge in [-0.3, -0.25) is 0 Å². The molecule has 0 aliphatic heterocycles. The van der Waals surface area contributed by atoms with E-state index in [2.05, 4.69) is 171 Å². The van der Waals surface area contributed by atoms with E-state index in [4.69, 9.17) is 15.0 Å². The summed E-state index contributed by atoms with van der Waals surface area (Å²) in [6.07, 6.45) is 0. The Bertz CT molecular complexity index is 3820. The molecule has 0 spiro atoms. The molecule has 0 aliphatic carbocycles. The number of rotatable bonds is 6. The van der Waals surface area contributed by atoms with Gasteiger partial charge in [-0.25, -0.2) is 15.0 Å². The monoisotopic (exact) mass is 804 g/mol. The Labute approximate surface area is 362 Å². The number of hydrogen-bond acceptors (Lipinski definition) is 3. The van der Waals surface area contributed by atoms with Crippen molar-refractivity contribution in [3.63, 3.8) is 0 Å². The number of fused-ring (bicyclic) bond motifs is 10. The molecule has 0 amide bonds. The first kappa shape index (κ1) is 35.2. The Kier molecular flexibility index (Phi) is 7.80. The van der Waals surface area contributed by atoms with Crippen LogP contribution >= 0.6 is 0 Å². The quantitative estimate of drug-likeness (QED) is 0.168. The number of hydrogen-bond donors (Lipinski definition) is 0. The van der Waals surface area contributed by atoms with E-state index >= 15 is 0 Å². The van der Waals surface area contributed by atoms with Gasteiger partial charge in [0.2, 0.25) is 0 Å². The maximum absolute atomic E-state index is 5.00. The highest BCUT2D eigenvalue weighted by Gasteiger charge is 2.22. The lowest BCUT2D eigenvalue weighted by Crippen LogP contribution is -2.00. The predicted octanol–water partition coefficient (Wildman–Crippen LogP) is 14.2. The minimum atomic E-state index is 0.633. The van der Waals surface area contributed by atoms with Crippen LogP contribution in [-0.4, -0.2) is 28.7 Å². The molecule has 4 heterocycles. The molecule has 63 heavy (non-hydrogen) atoms. The van der Waals surface area contributed by atoms with E-state index in [-0.39, 0.29) is 0 Å². The highest BCUT2D eigenvalue weighted by atomic mass is 15.0. The van der Waals surface area contributed by atoms with Gasteiger partial charge in [-0.1, -0.05) is 133 Å². The summed E-state index contributed by atoms with van der Waals surface area (Å²) in [7, 11) is 0. The van der Waals surface area contributed by atoms with Gasteiger partial charge in [0, 0.05) is 66.1 Å². The topological polar surface area (TPSA) is 53.5 Å². The maximum atomic E-state index is 5.00. The predicted molar refractivity (Wildman–Crippen MR) is 259 cm³/mol. The molecule has 13 rings (SSSR count). The van der Waals surface area contributed by atoms with Crippen molar-refractivity contribution in [1.29, 1.82) is 0 Å². The molecule has 0 saturated carbocycles. The lowest BCUT2D eigenvalue weighted by molar-refractivity contribution is 1.07. The van der Waals surface area contributed by atoms with Gasteiger partial charge in [0.1, 0.15) is 0 Å². The standard InChI is InChI=1S/C57H36N6/c1-4-16-37(17-5-1)55-58-56(38-18-6-2-7-19-38)60-57(59-55)39-28-30-41(31-29-39)62-48-26-14-11-23-44(48)53-51(62)34-35-52-54(53)45-24-12-15-27-49(45)63(52)42-32-33-50-46(36-42)43-22-10-13-25-47(43)61(50)40-20-8-3-9-21-40/h1-36H. The minimum Gasteiger partial charge on any atom is -0.309 e. The third-order valence-corrected chi connectivity index (χ3v) is 12.5. The van der Waals surface area contributed by atoms with Crippen LogP contribution in [0.3, 0.4) is 0 Å². The summed E-state index contributed by atoms with van der Waals surface area (Å²) in [5.74, 6) is 1.93. The average Bonchev–Trinajstić information content (AvgIpc) is 4.00. The van der Waals surface area contributed by atoms with Crippen molar-refractivity contribution in [2.45, 2.75) is 0 Å². The molecule has 0 radical (unpaired) electrons. The first-order chi connectivity index (χ1) is 31.3. The molecule has 9 aromatic carbocycles. The molecule has 0 atom stereocenters. The van der Waals surface area contributed by atoms with E-state index in [9.17, 15) is 0 Å². The van der Waals surface area contributed by atoms with E-state index in [0.29, 0.717) is 17.5 Å². The molecule has 4 aromatic heterocycles. The van der Waals surface area contributed by atoms with Crippen molar-refractivity contribution in [3.8, 4) is 51.2 Å². The smallest absolute Gasteiger partial charge is 0.164 e. The van der Waals surface area contributed by atoms with Crippen LogP contribution in [0.5, 0.6) is 0 Å². The van der Waals surface area contributed by atoms with Crippen molar-refractivity contribution < 1.29 is 0 Å². The SMILES string of the molecule is c1ccc(-c2nc(-c3ccccc3)nc(-c3ccc(-n4c5ccccc5c5c6c7ccccc7n(-c7ccc8c(c7)c7ccccc7n8-c7ccccc7)c6ccc54)cc3)n2)cc1. The van der Waals surface area contributed by atoms with Gasteiger partial charge in [0.25, 0.3) is 0 Å². The van der Waals surface area contributed by atoms with Crippen LogP contribution in [0, 0.1) is 0 Å². The number of aromatic nitrogens is 6. The van der Waals surface area contributed by atoms with Crippen molar-refractivity contribution in [2.24, 2.45) is 0 Å². The van der Waals surface area contributed by atoms with E-state index in [1.165, 1.54) is 54.4 Å². The van der Waals surface area contributed by atoms with Crippen LogP contribution in [0.1, 0.15) is 0 Å². The van der Waals surface area contributed by atoms with Crippen LogP contribution in [0.4, 0.5) is 0 Å². The van der Waals surface area contributed by atoms with Crippen LogP contribution in [0.25, 0.3) is 117 Å². The summed E-state index contributed by atoms with van der Waals surface area (Å²) in [6, 6.07) is 77.4. The highest BCUT2D eigenvalue weighted by molar-refractivity contribution is 6.29. The Balaban J connectivity index is 0.987. The fourth-order valence-corrected chi connectivity index (χ4v) is 9.73. The van der Waals surface area contributed by atoms with Gasteiger partial charge in [0.15, 0.2) is 17.5 Å². The Hall–Kier alpha value is -8.61. The van der Waals surface area contributed by atoms with Crippen molar-refractivity contribution >= 4 is 65.4 Å². The zero-order valence-corrected chi connectivity index (χ0v) is 34.0.